The van der Waals surface area contributed by atoms with E-state index in [9.17, 15) is 23.1 Å². The Hall–Kier alpha value is -2.39. The van der Waals surface area contributed by atoms with Crippen LogP contribution in [0.2, 0.25) is 0 Å². The molecule has 1 fully saturated rings. The molecule has 3 rings (SSSR count). The van der Waals surface area contributed by atoms with Gasteiger partial charge in [0.15, 0.2) is 0 Å². The molecular weight excluding hydrogens is 360 g/mol. The van der Waals surface area contributed by atoms with Crippen LogP contribution < -0.4 is 5.32 Å². The van der Waals surface area contributed by atoms with Crippen molar-refractivity contribution in [1.29, 1.82) is 0 Å². The zero-order valence-corrected chi connectivity index (χ0v) is 14.7. The van der Waals surface area contributed by atoms with Crippen LogP contribution in [0.4, 0.5) is 0 Å². The molecule has 1 aliphatic rings. The van der Waals surface area contributed by atoms with Gasteiger partial charge in [0, 0.05) is 29.4 Å². The van der Waals surface area contributed by atoms with Gasteiger partial charge in [-0.15, -0.1) is 0 Å². The highest BCUT2D eigenvalue weighted by Gasteiger charge is 2.37. The quantitative estimate of drug-likeness (QED) is 0.558. The second kappa shape index (κ2) is 7.08. The van der Waals surface area contributed by atoms with Crippen LogP contribution in [0.15, 0.2) is 30.5 Å². The van der Waals surface area contributed by atoms with Crippen LogP contribution in [0.3, 0.4) is 0 Å². The van der Waals surface area contributed by atoms with E-state index < -0.39 is 39.2 Å². The number of carbonyl (C=O) groups excluding carboxylic acids is 1. The van der Waals surface area contributed by atoms with E-state index >= 15 is 0 Å². The summed E-state index contributed by atoms with van der Waals surface area (Å²) < 4.78 is 31.5. The van der Waals surface area contributed by atoms with Crippen molar-refractivity contribution >= 4 is 32.9 Å². The molecule has 0 saturated heterocycles. The average molecular weight is 380 g/mol. The number of aromatic amines is 1. The van der Waals surface area contributed by atoms with Gasteiger partial charge < -0.3 is 15.4 Å². The molecule has 2 unspecified atom stereocenters. The van der Waals surface area contributed by atoms with Gasteiger partial charge in [-0.25, -0.2) is 4.79 Å². The van der Waals surface area contributed by atoms with E-state index in [0.29, 0.717) is 6.42 Å². The van der Waals surface area contributed by atoms with Crippen LogP contribution in [0.5, 0.6) is 0 Å². The minimum absolute atomic E-state index is 0.00406. The first-order chi connectivity index (χ1) is 12.3. The van der Waals surface area contributed by atoms with Gasteiger partial charge >= 0.3 is 5.97 Å². The average Bonchev–Trinajstić information content (AvgIpc) is 3.21. The van der Waals surface area contributed by atoms with Gasteiger partial charge in [0.1, 0.15) is 6.04 Å². The first kappa shape index (κ1) is 18.4. The fourth-order valence-corrected chi connectivity index (χ4v) is 4.37. The summed E-state index contributed by atoms with van der Waals surface area (Å²) in [6, 6.07) is 6.34. The number of carboxylic acid groups (broad SMARTS) is 1. The van der Waals surface area contributed by atoms with Gasteiger partial charge in [-0.2, -0.15) is 8.42 Å². The van der Waals surface area contributed by atoms with Gasteiger partial charge in [0.2, 0.25) is 5.91 Å². The largest absolute Gasteiger partial charge is 0.480 e. The summed E-state index contributed by atoms with van der Waals surface area (Å²) in [6.45, 7) is 0. The van der Waals surface area contributed by atoms with Crippen molar-refractivity contribution < 1.29 is 27.7 Å². The molecule has 1 heterocycles. The number of nitrogens with one attached hydrogen (secondary N) is 2. The van der Waals surface area contributed by atoms with Crippen LogP contribution >= 0.6 is 0 Å². The third-order valence-electron chi connectivity index (χ3n) is 4.89. The first-order valence-corrected chi connectivity index (χ1v) is 9.80. The Morgan fingerprint density at radius 1 is 1.27 bits per heavy atom. The third kappa shape index (κ3) is 3.88. The van der Waals surface area contributed by atoms with E-state index in [1.54, 1.807) is 6.20 Å². The lowest BCUT2D eigenvalue weighted by Crippen LogP contribution is -2.44. The molecular formula is C17H20N2O6S. The van der Waals surface area contributed by atoms with Crippen molar-refractivity contribution in [2.75, 3.05) is 0 Å². The lowest BCUT2D eigenvalue weighted by molar-refractivity contribution is -0.142. The molecule has 0 aliphatic heterocycles. The van der Waals surface area contributed by atoms with Gasteiger partial charge in [-0.3, -0.25) is 9.35 Å². The monoisotopic (exact) mass is 380 g/mol. The molecule has 26 heavy (non-hydrogen) atoms. The minimum atomic E-state index is -4.18. The molecule has 1 aromatic carbocycles. The summed E-state index contributed by atoms with van der Waals surface area (Å²) in [5.74, 6) is -2.27. The zero-order valence-electron chi connectivity index (χ0n) is 13.9. The Morgan fingerprint density at radius 2 is 2.00 bits per heavy atom. The smallest absolute Gasteiger partial charge is 0.326 e. The van der Waals surface area contributed by atoms with Crippen molar-refractivity contribution in [2.24, 2.45) is 5.92 Å². The maximum atomic E-state index is 12.4. The maximum Gasteiger partial charge on any atom is 0.326 e. The number of fused-ring (bicyclic) bond motifs is 1. The van der Waals surface area contributed by atoms with Gasteiger partial charge in [0.05, 0.1) is 5.25 Å². The zero-order chi connectivity index (χ0) is 18.9. The number of rotatable bonds is 6. The summed E-state index contributed by atoms with van der Waals surface area (Å²) in [4.78, 5) is 27.0. The number of hydrogen-bond acceptors (Lipinski definition) is 4. The molecule has 1 aliphatic carbocycles. The molecule has 1 amide bonds. The molecule has 3 atom stereocenters. The van der Waals surface area contributed by atoms with Crippen LogP contribution in [0.1, 0.15) is 24.8 Å². The molecule has 1 aromatic heterocycles. The van der Waals surface area contributed by atoms with Gasteiger partial charge in [-0.1, -0.05) is 18.2 Å². The standard InChI is InChI=1S/C17H20N2O6S/c20-16(10-5-6-12(7-10)26(23,24)25)19-15(17(21)22)8-11-9-18-14-4-2-1-3-13(11)14/h1-4,9-10,12,15,18H,5-8H2,(H,19,20)(H,21,22)(H,23,24,25)/t10?,12?,15-/m0/s1. The summed E-state index contributed by atoms with van der Waals surface area (Å²) in [6.07, 6.45) is 2.33. The summed E-state index contributed by atoms with van der Waals surface area (Å²) >= 11 is 0. The molecule has 0 radical (unpaired) electrons. The predicted octanol–water partition coefficient (Wildman–Crippen LogP) is 1.34. The van der Waals surface area contributed by atoms with E-state index in [2.05, 4.69) is 10.3 Å². The number of amides is 1. The molecule has 4 N–H and O–H groups in total. The number of carbonyl (C=O) groups is 2. The second-order valence-corrected chi connectivity index (χ2v) is 8.31. The number of benzene rings is 1. The predicted molar refractivity (Wildman–Crippen MR) is 94.2 cm³/mol. The summed E-state index contributed by atoms with van der Waals surface area (Å²) in [5.41, 5.74) is 1.65. The molecule has 0 spiro atoms. The topological polar surface area (TPSA) is 137 Å². The molecule has 8 nitrogen and oxygen atoms in total. The SMILES string of the molecule is O=C(N[C@@H](Cc1c[nH]c2ccccc12)C(=O)O)C1CCC(S(=O)(=O)O)C1. The van der Waals surface area contributed by atoms with Crippen molar-refractivity contribution in [2.45, 2.75) is 37.0 Å². The highest BCUT2D eigenvalue weighted by Crippen LogP contribution is 2.30. The van der Waals surface area contributed by atoms with E-state index in [1.807, 2.05) is 24.3 Å². The van der Waals surface area contributed by atoms with Gasteiger partial charge in [0.25, 0.3) is 10.1 Å². The van der Waals surface area contributed by atoms with Crippen LogP contribution in [-0.2, 0) is 26.1 Å². The fourth-order valence-electron chi connectivity index (χ4n) is 3.46. The van der Waals surface area contributed by atoms with E-state index in [4.69, 9.17) is 4.55 Å². The number of H-pyrrole nitrogens is 1. The molecule has 9 heteroatoms. The van der Waals surface area contributed by atoms with E-state index in [1.165, 1.54) is 0 Å². The summed E-state index contributed by atoms with van der Waals surface area (Å²) in [7, 11) is -4.18. The molecule has 1 saturated carbocycles. The number of aliphatic carboxylic acids is 1. The van der Waals surface area contributed by atoms with E-state index in [0.717, 1.165) is 16.5 Å². The Morgan fingerprint density at radius 3 is 2.65 bits per heavy atom. The highest BCUT2D eigenvalue weighted by atomic mass is 32.2. The second-order valence-electron chi connectivity index (χ2n) is 6.61. The van der Waals surface area contributed by atoms with Gasteiger partial charge in [-0.05, 0) is 30.9 Å². The van der Waals surface area contributed by atoms with Crippen LogP contribution in [0.25, 0.3) is 10.9 Å². The van der Waals surface area contributed by atoms with Crippen molar-refractivity contribution in [1.82, 2.24) is 10.3 Å². The van der Waals surface area contributed by atoms with Crippen molar-refractivity contribution in [3.63, 3.8) is 0 Å². The Kier molecular flexibility index (Phi) is 5.01. The number of hydrogen-bond donors (Lipinski definition) is 4. The van der Waals surface area contributed by atoms with Crippen LogP contribution in [0, 0.1) is 5.92 Å². The fraction of sp³-hybridized carbons (Fsp3) is 0.412. The number of carboxylic acids is 1. The van der Waals surface area contributed by atoms with Crippen LogP contribution in [-0.4, -0.2) is 46.2 Å². The van der Waals surface area contributed by atoms with Crippen molar-refractivity contribution in [3.05, 3.63) is 36.0 Å². The Labute approximate surface area is 150 Å². The van der Waals surface area contributed by atoms with E-state index in [-0.39, 0.29) is 19.3 Å². The minimum Gasteiger partial charge on any atom is -0.480 e. The molecule has 2 aromatic rings. The van der Waals surface area contributed by atoms with Crippen molar-refractivity contribution in [3.8, 4) is 0 Å². The lowest BCUT2D eigenvalue weighted by atomic mass is 10.0. The third-order valence-corrected chi connectivity index (χ3v) is 6.16. The summed E-state index contributed by atoms with van der Waals surface area (Å²) in [5, 5.41) is 11.9. The maximum absolute atomic E-state index is 12.4. The first-order valence-electron chi connectivity index (χ1n) is 8.30. The Balaban J connectivity index is 1.69. The number of aromatic nitrogens is 1. The Bertz CT molecular complexity index is 936. The normalized spacial score (nSPS) is 21.6. The lowest BCUT2D eigenvalue weighted by Gasteiger charge is -2.17. The highest BCUT2D eigenvalue weighted by molar-refractivity contribution is 7.86. The molecule has 0 bridgehead atoms. The molecule has 140 valence electrons. The number of para-hydroxylation sites is 1.